The Hall–Kier alpha value is -1.76. The van der Waals surface area contributed by atoms with Crippen LogP contribution in [0, 0.1) is 5.82 Å². The van der Waals surface area contributed by atoms with E-state index in [2.05, 4.69) is 10.00 Å². The van der Waals surface area contributed by atoms with E-state index in [-0.39, 0.29) is 11.9 Å². The fraction of sp³-hybridized carbons (Fsp3) is 0.438. The van der Waals surface area contributed by atoms with E-state index in [1.165, 1.54) is 12.1 Å². The number of hydrogen-bond acceptors (Lipinski definition) is 4. The van der Waals surface area contributed by atoms with Gasteiger partial charge in [-0.15, -0.1) is 0 Å². The molecule has 0 radical (unpaired) electrons. The Kier molecular flexibility index (Phi) is 4.82. The van der Waals surface area contributed by atoms with Crippen molar-refractivity contribution in [2.45, 2.75) is 18.8 Å². The second-order valence-electron chi connectivity index (χ2n) is 5.55. The van der Waals surface area contributed by atoms with Gasteiger partial charge in [-0.2, -0.15) is 5.10 Å². The third-order valence-corrected chi connectivity index (χ3v) is 3.84. The van der Waals surface area contributed by atoms with Crippen LogP contribution in [0.5, 0.6) is 0 Å². The molecule has 1 aliphatic heterocycles. The first-order valence-electron chi connectivity index (χ1n) is 7.45. The molecule has 1 saturated heterocycles. The molecule has 2 heterocycles. The number of β-amino-alcohol motifs (C(OH)–C–C–N with tert-alkyl or cyclic N) is 1. The lowest BCUT2D eigenvalue weighted by atomic mass is 10.1. The van der Waals surface area contributed by atoms with E-state index in [9.17, 15) is 9.50 Å². The van der Waals surface area contributed by atoms with Crippen LogP contribution in [-0.4, -0.2) is 52.1 Å². The van der Waals surface area contributed by atoms with Gasteiger partial charge in [-0.3, -0.25) is 9.58 Å². The molecule has 1 aliphatic rings. The Morgan fingerprint density at radius 3 is 3.09 bits per heavy atom. The molecular formula is C16H20FN3O2. The van der Waals surface area contributed by atoms with Crippen LogP contribution < -0.4 is 0 Å². The maximum Gasteiger partial charge on any atom is 0.123 e. The lowest BCUT2D eigenvalue weighted by Crippen LogP contribution is -2.45. The molecule has 0 bridgehead atoms. The van der Waals surface area contributed by atoms with Crippen LogP contribution in [0.2, 0.25) is 0 Å². The van der Waals surface area contributed by atoms with Gasteiger partial charge in [0.25, 0.3) is 0 Å². The zero-order valence-electron chi connectivity index (χ0n) is 12.3. The Bertz CT molecular complexity index is 591. The maximum absolute atomic E-state index is 13.2. The molecule has 22 heavy (non-hydrogen) atoms. The highest BCUT2D eigenvalue weighted by Gasteiger charge is 2.23. The van der Waals surface area contributed by atoms with Crippen LogP contribution >= 0.6 is 0 Å². The predicted octanol–water partition coefficient (Wildman–Crippen LogP) is 1.46. The molecule has 0 aliphatic carbocycles. The minimum atomic E-state index is -0.695. The zero-order chi connectivity index (χ0) is 15.4. The quantitative estimate of drug-likeness (QED) is 0.908. The first kappa shape index (κ1) is 15.1. The van der Waals surface area contributed by atoms with E-state index in [0.717, 1.165) is 13.1 Å². The van der Waals surface area contributed by atoms with Crippen LogP contribution in [-0.2, 0) is 11.3 Å². The lowest BCUT2D eigenvalue weighted by molar-refractivity contribution is -0.0486. The summed E-state index contributed by atoms with van der Waals surface area (Å²) in [6, 6.07) is 8.01. The molecule has 2 aromatic rings. The summed E-state index contributed by atoms with van der Waals surface area (Å²) in [5, 5.41) is 14.5. The molecule has 3 rings (SSSR count). The lowest BCUT2D eigenvalue weighted by Gasteiger charge is -2.34. The SMILES string of the molecule is O[C@H](CN1CCO[C@H](Cn2cccn2)C1)c1cccc(F)c1. The van der Waals surface area contributed by atoms with Gasteiger partial charge in [-0.25, -0.2) is 4.39 Å². The minimum absolute atomic E-state index is 0.0494. The van der Waals surface area contributed by atoms with Gasteiger partial charge in [0.05, 0.1) is 25.4 Å². The largest absolute Gasteiger partial charge is 0.387 e. The summed E-state index contributed by atoms with van der Waals surface area (Å²) in [5.41, 5.74) is 0.607. The molecule has 1 aromatic carbocycles. The minimum Gasteiger partial charge on any atom is -0.387 e. The molecule has 118 valence electrons. The Morgan fingerprint density at radius 2 is 2.32 bits per heavy atom. The van der Waals surface area contributed by atoms with Crippen molar-refractivity contribution in [3.05, 3.63) is 54.1 Å². The monoisotopic (exact) mass is 305 g/mol. The number of halogens is 1. The smallest absolute Gasteiger partial charge is 0.123 e. The van der Waals surface area contributed by atoms with Crippen molar-refractivity contribution >= 4 is 0 Å². The summed E-state index contributed by atoms with van der Waals surface area (Å²) in [6.45, 7) is 3.29. The molecule has 6 heteroatoms. The number of morpholine rings is 1. The Balaban J connectivity index is 1.55. The van der Waals surface area contributed by atoms with Crippen LogP contribution in [0.25, 0.3) is 0 Å². The van der Waals surface area contributed by atoms with Crippen molar-refractivity contribution in [2.24, 2.45) is 0 Å². The average Bonchev–Trinajstić information content (AvgIpc) is 3.00. The second kappa shape index (κ2) is 7.00. The van der Waals surface area contributed by atoms with Gasteiger partial charge in [0.1, 0.15) is 5.82 Å². The summed E-state index contributed by atoms with van der Waals surface area (Å²) >= 11 is 0. The van der Waals surface area contributed by atoms with Crippen molar-refractivity contribution in [1.82, 2.24) is 14.7 Å². The summed E-state index contributed by atoms with van der Waals surface area (Å²) in [4.78, 5) is 2.15. The number of benzene rings is 1. The first-order valence-corrected chi connectivity index (χ1v) is 7.45. The predicted molar refractivity (Wildman–Crippen MR) is 79.8 cm³/mol. The van der Waals surface area contributed by atoms with E-state index in [0.29, 0.717) is 25.3 Å². The number of nitrogens with zero attached hydrogens (tertiary/aromatic N) is 3. The second-order valence-corrected chi connectivity index (χ2v) is 5.55. The third kappa shape index (κ3) is 3.91. The number of aliphatic hydroxyl groups is 1. The standard InChI is InChI=1S/C16H20FN3O2/c17-14-4-1-3-13(9-14)16(21)12-19-7-8-22-15(10-19)11-20-6-2-5-18-20/h1-6,9,15-16,21H,7-8,10-12H2/t15-,16+/m0/s1. The number of rotatable bonds is 5. The number of aromatic nitrogens is 2. The normalized spacial score (nSPS) is 20.9. The van der Waals surface area contributed by atoms with Crippen LogP contribution in [0.15, 0.2) is 42.7 Å². The van der Waals surface area contributed by atoms with Gasteiger partial charge in [-0.1, -0.05) is 12.1 Å². The maximum atomic E-state index is 13.2. The Labute approximate surface area is 128 Å². The number of ether oxygens (including phenoxy) is 1. The van der Waals surface area contributed by atoms with Gasteiger partial charge in [0.2, 0.25) is 0 Å². The summed E-state index contributed by atoms with van der Waals surface area (Å²) in [6.07, 6.45) is 3.01. The highest BCUT2D eigenvalue weighted by molar-refractivity contribution is 5.19. The molecule has 0 amide bonds. The van der Waals surface area contributed by atoms with E-state index in [1.807, 2.05) is 16.9 Å². The first-order chi connectivity index (χ1) is 10.7. The van der Waals surface area contributed by atoms with E-state index >= 15 is 0 Å². The average molecular weight is 305 g/mol. The van der Waals surface area contributed by atoms with Gasteiger partial charge >= 0.3 is 0 Å². The molecular weight excluding hydrogens is 285 g/mol. The summed E-state index contributed by atoms with van der Waals surface area (Å²) in [5.74, 6) is -0.324. The van der Waals surface area contributed by atoms with Crippen molar-refractivity contribution < 1.29 is 14.2 Å². The van der Waals surface area contributed by atoms with Crippen molar-refractivity contribution in [2.75, 3.05) is 26.2 Å². The number of aliphatic hydroxyl groups excluding tert-OH is 1. The molecule has 1 fully saturated rings. The van der Waals surface area contributed by atoms with E-state index < -0.39 is 6.10 Å². The summed E-state index contributed by atoms with van der Waals surface area (Å²) in [7, 11) is 0. The third-order valence-electron chi connectivity index (χ3n) is 3.84. The van der Waals surface area contributed by atoms with E-state index in [4.69, 9.17) is 4.74 Å². The molecule has 2 atom stereocenters. The van der Waals surface area contributed by atoms with Crippen LogP contribution in [0.1, 0.15) is 11.7 Å². The summed E-state index contributed by atoms with van der Waals surface area (Å²) < 4.78 is 20.8. The highest BCUT2D eigenvalue weighted by Crippen LogP contribution is 2.17. The van der Waals surface area contributed by atoms with Crippen molar-refractivity contribution in [3.63, 3.8) is 0 Å². The van der Waals surface area contributed by atoms with Gasteiger partial charge in [0.15, 0.2) is 0 Å². The van der Waals surface area contributed by atoms with E-state index in [1.54, 1.807) is 18.3 Å². The molecule has 5 nitrogen and oxygen atoms in total. The van der Waals surface area contributed by atoms with Crippen LogP contribution in [0.4, 0.5) is 4.39 Å². The molecule has 0 saturated carbocycles. The molecule has 0 unspecified atom stereocenters. The van der Waals surface area contributed by atoms with Crippen molar-refractivity contribution in [1.29, 1.82) is 0 Å². The fourth-order valence-electron chi connectivity index (χ4n) is 2.74. The molecule has 1 N–H and O–H groups in total. The number of hydrogen-bond donors (Lipinski definition) is 1. The fourth-order valence-corrected chi connectivity index (χ4v) is 2.74. The zero-order valence-corrected chi connectivity index (χ0v) is 12.3. The van der Waals surface area contributed by atoms with Crippen LogP contribution in [0.3, 0.4) is 0 Å². The van der Waals surface area contributed by atoms with Gasteiger partial charge in [-0.05, 0) is 23.8 Å². The van der Waals surface area contributed by atoms with Gasteiger partial charge < -0.3 is 9.84 Å². The molecule has 0 spiro atoms. The molecule has 1 aromatic heterocycles. The Morgan fingerprint density at radius 1 is 1.41 bits per heavy atom. The highest BCUT2D eigenvalue weighted by atomic mass is 19.1. The van der Waals surface area contributed by atoms with Gasteiger partial charge in [0, 0.05) is 32.0 Å². The van der Waals surface area contributed by atoms with Crippen molar-refractivity contribution in [3.8, 4) is 0 Å². The topological polar surface area (TPSA) is 50.5 Å².